The summed E-state index contributed by atoms with van der Waals surface area (Å²) >= 11 is 0. The lowest BCUT2D eigenvalue weighted by Crippen LogP contribution is -2.38. The van der Waals surface area contributed by atoms with Crippen molar-refractivity contribution in [2.75, 3.05) is 18.5 Å². The Morgan fingerprint density at radius 1 is 1.26 bits per heavy atom. The number of halogens is 1. The van der Waals surface area contributed by atoms with Gasteiger partial charge < -0.3 is 26.2 Å². The summed E-state index contributed by atoms with van der Waals surface area (Å²) in [5.74, 6) is 0.630. The Balaban J connectivity index is 0.00000264. The molecule has 1 aromatic rings. The molecule has 0 saturated heterocycles. The minimum absolute atomic E-state index is 0. The summed E-state index contributed by atoms with van der Waals surface area (Å²) in [5.41, 5.74) is 6.02. The lowest BCUT2D eigenvalue weighted by atomic mass is 9.96. The number of carbonyl (C=O) groups is 1. The number of benzene rings is 1. The monoisotopic (exact) mass is 343 g/mol. The molecule has 1 atom stereocenters. The minimum atomic E-state index is -0.668. The zero-order valence-electron chi connectivity index (χ0n) is 13.2. The average Bonchev–Trinajstić information content (AvgIpc) is 2.54. The van der Waals surface area contributed by atoms with Gasteiger partial charge in [0.05, 0.1) is 0 Å². The van der Waals surface area contributed by atoms with Crippen LogP contribution in [0.4, 0.5) is 10.5 Å². The van der Waals surface area contributed by atoms with E-state index in [9.17, 15) is 9.90 Å². The molecule has 2 amide bonds. The maximum Gasteiger partial charge on any atom is 0.319 e. The summed E-state index contributed by atoms with van der Waals surface area (Å²) in [6.45, 7) is 0.326. The van der Waals surface area contributed by atoms with Gasteiger partial charge in [-0.2, -0.15) is 0 Å². The first kappa shape index (κ1) is 19.5. The number of aliphatic hydroxyl groups excluding tert-OH is 1. The fourth-order valence-electron chi connectivity index (χ4n) is 2.49. The Morgan fingerprint density at radius 3 is 2.52 bits per heavy atom. The van der Waals surface area contributed by atoms with Crippen LogP contribution >= 0.6 is 12.4 Å². The Bertz CT molecular complexity index is 464. The van der Waals surface area contributed by atoms with Gasteiger partial charge in [0, 0.05) is 18.3 Å². The molecule has 1 aliphatic carbocycles. The Labute approximate surface area is 143 Å². The van der Waals surface area contributed by atoms with Crippen LogP contribution < -0.4 is 21.1 Å². The van der Waals surface area contributed by atoms with E-state index in [0.717, 1.165) is 12.8 Å². The number of rotatable bonds is 6. The topological polar surface area (TPSA) is 96.6 Å². The lowest BCUT2D eigenvalue weighted by molar-refractivity contribution is 0.114. The molecule has 5 N–H and O–H groups in total. The van der Waals surface area contributed by atoms with Crippen molar-refractivity contribution in [3.05, 3.63) is 24.3 Å². The van der Waals surface area contributed by atoms with Gasteiger partial charge in [0.15, 0.2) is 0 Å². The van der Waals surface area contributed by atoms with Gasteiger partial charge in [0.2, 0.25) is 0 Å². The number of amides is 2. The summed E-state index contributed by atoms with van der Waals surface area (Å²) in [6, 6.07) is 7.15. The van der Waals surface area contributed by atoms with Gasteiger partial charge >= 0.3 is 6.03 Å². The number of anilines is 1. The number of urea groups is 1. The number of aliphatic hydroxyl groups is 1. The van der Waals surface area contributed by atoms with Crippen LogP contribution in [-0.4, -0.2) is 36.4 Å². The summed E-state index contributed by atoms with van der Waals surface area (Å²) in [7, 11) is 0. The molecule has 7 heteroatoms. The summed E-state index contributed by atoms with van der Waals surface area (Å²) in [4.78, 5) is 11.9. The van der Waals surface area contributed by atoms with E-state index >= 15 is 0 Å². The highest BCUT2D eigenvalue weighted by Gasteiger charge is 2.15. The van der Waals surface area contributed by atoms with Gasteiger partial charge in [-0.25, -0.2) is 4.79 Å². The molecular weight excluding hydrogens is 318 g/mol. The fraction of sp³-hybridized carbons (Fsp3) is 0.562. The van der Waals surface area contributed by atoms with Crippen LogP contribution in [0.15, 0.2) is 24.3 Å². The van der Waals surface area contributed by atoms with Crippen molar-refractivity contribution >= 4 is 24.1 Å². The van der Waals surface area contributed by atoms with Gasteiger partial charge in [-0.3, -0.25) is 0 Å². The summed E-state index contributed by atoms with van der Waals surface area (Å²) in [6.07, 6.45) is 5.09. The minimum Gasteiger partial charge on any atom is -0.491 e. The normalized spacial score (nSPS) is 16.1. The Hall–Kier alpha value is -1.50. The van der Waals surface area contributed by atoms with Crippen molar-refractivity contribution in [2.24, 2.45) is 5.73 Å². The second-order valence-electron chi connectivity index (χ2n) is 5.66. The predicted molar refractivity (Wildman–Crippen MR) is 93.3 cm³/mol. The number of carbonyl (C=O) groups excluding carboxylic acids is 1. The lowest BCUT2D eigenvalue weighted by Gasteiger charge is -2.22. The van der Waals surface area contributed by atoms with Crippen molar-refractivity contribution in [3.8, 4) is 5.75 Å². The zero-order chi connectivity index (χ0) is 15.8. The van der Waals surface area contributed by atoms with Gasteiger partial charge in [0.25, 0.3) is 0 Å². The molecule has 1 saturated carbocycles. The predicted octanol–water partition coefficient (Wildman–Crippen LogP) is 2.26. The Morgan fingerprint density at radius 2 is 1.91 bits per heavy atom. The van der Waals surface area contributed by atoms with E-state index in [2.05, 4.69) is 10.6 Å². The molecule has 0 bridgehead atoms. The van der Waals surface area contributed by atoms with Gasteiger partial charge in [-0.15, -0.1) is 12.4 Å². The SMILES string of the molecule is Cl.NCC(O)COc1ccc(NC(=O)NC2CCCCC2)cc1. The first-order chi connectivity index (χ1) is 10.7. The molecule has 1 unspecified atom stereocenters. The zero-order valence-corrected chi connectivity index (χ0v) is 14.0. The molecule has 0 heterocycles. The van der Waals surface area contributed by atoms with Crippen molar-refractivity contribution in [1.29, 1.82) is 0 Å². The van der Waals surface area contributed by atoms with E-state index < -0.39 is 6.10 Å². The van der Waals surface area contributed by atoms with Crippen LogP contribution in [0.5, 0.6) is 5.75 Å². The molecule has 130 valence electrons. The van der Waals surface area contributed by atoms with E-state index in [-0.39, 0.29) is 37.6 Å². The van der Waals surface area contributed by atoms with E-state index in [0.29, 0.717) is 11.4 Å². The number of ether oxygens (including phenoxy) is 1. The number of nitrogens with one attached hydrogen (secondary N) is 2. The first-order valence-corrected chi connectivity index (χ1v) is 7.86. The molecule has 23 heavy (non-hydrogen) atoms. The third kappa shape index (κ3) is 7.07. The van der Waals surface area contributed by atoms with Crippen molar-refractivity contribution in [3.63, 3.8) is 0 Å². The molecule has 0 radical (unpaired) electrons. The smallest absolute Gasteiger partial charge is 0.319 e. The highest BCUT2D eigenvalue weighted by atomic mass is 35.5. The fourth-order valence-corrected chi connectivity index (χ4v) is 2.49. The molecule has 0 aliphatic heterocycles. The summed E-state index contributed by atoms with van der Waals surface area (Å²) < 4.78 is 5.38. The second kappa shape index (κ2) is 10.3. The maximum atomic E-state index is 11.9. The van der Waals surface area contributed by atoms with Crippen LogP contribution in [0.3, 0.4) is 0 Å². The van der Waals surface area contributed by atoms with Crippen LogP contribution in [0.25, 0.3) is 0 Å². The largest absolute Gasteiger partial charge is 0.491 e. The van der Waals surface area contributed by atoms with E-state index in [1.54, 1.807) is 24.3 Å². The van der Waals surface area contributed by atoms with Crippen molar-refractivity contribution < 1.29 is 14.6 Å². The third-order valence-electron chi connectivity index (χ3n) is 3.77. The quantitative estimate of drug-likeness (QED) is 0.637. The molecule has 1 aromatic carbocycles. The average molecular weight is 344 g/mol. The third-order valence-corrected chi connectivity index (χ3v) is 3.77. The van der Waals surface area contributed by atoms with Gasteiger partial charge in [-0.05, 0) is 37.1 Å². The molecule has 0 aromatic heterocycles. The van der Waals surface area contributed by atoms with Crippen molar-refractivity contribution in [1.82, 2.24) is 5.32 Å². The molecule has 1 aliphatic rings. The highest BCUT2D eigenvalue weighted by molar-refractivity contribution is 5.89. The second-order valence-corrected chi connectivity index (χ2v) is 5.66. The van der Waals surface area contributed by atoms with E-state index in [4.69, 9.17) is 10.5 Å². The van der Waals surface area contributed by atoms with E-state index in [1.165, 1.54) is 19.3 Å². The van der Waals surface area contributed by atoms with Crippen LogP contribution in [0.1, 0.15) is 32.1 Å². The molecule has 1 fully saturated rings. The molecule has 6 nitrogen and oxygen atoms in total. The Kier molecular flexibility index (Phi) is 8.76. The first-order valence-electron chi connectivity index (χ1n) is 7.86. The van der Waals surface area contributed by atoms with E-state index in [1.807, 2.05) is 0 Å². The molecular formula is C16H26ClN3O3. The van der Waals surface area contributed by atoms with Gasteiger partial charge in [-0.1, -0.05) is 19.3 Å². The standard InChI is InChI=1S/C16H25N3O3.ClH/c17-10-14(20)11-22-15-8-6-13(7-9-15)19-16(21)18-12-4-2-1-3-5-12;/h6-9,12,14,20H,1-5,10-11,17H2,(H2,18,19,21);1H. The number of hydrogen-bond donors (Lipinski definition) is 4. The van der Waals surface area contributed by atoms with Crippen molar-refractivity contribution in [2.45, 2.75) is 44.2 Å². The van der Waals surface area contributed by atoms with Gasteiger partial charge in [0.1, 0.15) is 18.5 Å². The van der Waals surface area contributed by atoms with Crippen LogP contribution in [0.2, 0.25) is 0 Å². The molecule has 0 spiro atoms. The highest BCUT2D eigenvalue weighted by Crippen LogP contribution is 2.18. The molecule has 2 rings (SSSR count). The van der Waals surface area contributed by atoms with Crippen LogP contribution in [0, 0.1) is 0 Å². The van der Waals surface area contributed by atoms with Crippen LogP contribution in [-0.2, 0) is 0 Å². The summed E-state index contributed by atoms with van der Waals surface area (Å²) in [5, 5.41) is 15.2. The maximum absolute atomic E-state index is 11.9. The number of hydrogen-bond acceptors (Lipinski definition) is 4. The number of nitrogens with two attached hydrogens (primary N) is 1.